The number of ether oxygens (including phenoxy) is 2. The van der Waals surface area contributed by atoms with Crippen molar-refractivity contribution in [3.8, 4) is 5.75 Å². The third-order valence-electron chi connectivity index (χ3n) is 7.14. The van der Waals surface area contributed by atoms with Crippen LogP contribution in [0, 0.1) is 5.41 Å². The first-order chi connectivity index (χ1) is 17.0. The molecule has 4 aromatic rings. The number of fused-ring (bicyclic) bond motifs is 4. The second-order valence-corrected chi connectivity index (χ2v) is 10.2. The average Bonchev–Trinajstić information content (AvgIpc) is 3.49. The number of anilines is 2. The lowest BCUT2D eigenvalue weighted by molar-refractivity contribution is -0.142. The second-order valence-electron chi connectivity index (χ2n) is 9.07. The number of aryl methyl sites for hydroxylation is 1. The minimum absolute atomic E-state index is 0.197. The molecule has 1 atom stereocenters. The Bertz CT molecular complexity index is 1380. The fourth-order valence-electron chi connectivity index (χ4n) is 5.03. The summed E-state index contributed by atoms with van der Waals surface area (Å²) in [5, 5.41) is 12.6. The van der Waals surface area contributed by atoms with Gasteiger partial charge in [0, 0.05) is 37.0 Å². The topological polar surface area (TPSA) is 105 Å². The van der Waals surface area contributed by atoms with Crippen LogP contribution in [0.5, 0.6) is 5.75 Å². The zero-order valence-corrected chi connectivity index (χ0v) is 21.3. The van der Waals surface area contributed by atoms with Crippen molar-refractivity contribution in [2.24, 2.45) is 5.41 Å². The Morgan fingerprint density at radius 2 is 2.17 bits per heavy atom. The molecule has 0 saturated heterocycles. The van der Waals surface area contributed by atoms with E-state index in [-0.39, 0.29) is 5.91 Å². The lowest BCUT2D eigenvalue weighted by atomic mass is 9.71. The highest BCUT2D eigenvalue weighted by atomic mass is 32.1. The molecule has 1 amide bonds. The van der Waals surface area contributed by atoms with Crippen molar-refractivity contribution < 1.29 is 14.3 Å². The molecule has 5 rings (SSSR count). The molecule has 1 aliphatic carbocycles. The van der Waals surface area contributed by atoms with Crippen molar-refractivity contribution in [3.05, 3.63) is 35.1 Å². The van der Waals surface area contributed by atoms with Crippen molar-refractivity contribution in [2.45, 2.75) is 32.6 Å². The van der Waals surface area contributed by atoms with Gasteiger partial charge in [-0.1, -0.05) is 6.92 Å². The predicted molar refractivity (Wildman–Crippen MR) is 138 cm³/mol. The zero-order chi connectivity index (χ0) is 24.6. The van der Waals surface area contributed by atoms with E-state index in [1.54, 1.807) is 38.1 Å². The summed E-state index contributed by atoms with van der Waals surface area (Å²) < 4.78 is 10.8. The SMILES string of the molecule is CCC1(C(=O)N(C)CCOC)CCc2c(sc3ncnc(Nc4cc5cn[nH]c5cc4OC)c23)C1. The summed E-state index contributed by atoms with van der Waals surface area (Å²) in [5.74, 6) is 1.65. The number of likely N-dealkylation sites (N-methyl/N-ethyl adjacent to an activating group) is 1. The first kappa shape index (κ1) is 23.5. The summed E-state index contributed by atoms with van der Waals surface area (Å²) in [6, 6.07) is 3.93. The van der Waals surface area contributed by atoms with Crippen LogP contribution < -0.4 is 10.1 Å². The Morgan fingerprint density at radius 3 is 2.94 bits per heavy atom. The van der Waals surface area contributed by atoms with Crippen LogP contribution in [0.2, 0.25) is 0 Å². The molecule has 1 aliphatic rings. The van der Waals surface area contributed by atoms with Gasteiger partial charge in [0.25, 0.3) is 0 Å². The van der Waals surface area contributed by atoms with Crippen LogP contribution in [0.25, 0.3) is 21.1 Å². The second kappa shape index (κ2) is 9.43. The van der Waals surface area contributed by atoms with Crippen LogP contribution in [0.3, 0.4) is 0 Å². The summed E-state index contributed by atoms with van der Waals surface area (Å²) in [6.07, 6.45) is 6.51. The molecule has 0 spiro atoms. The number of benzene rings is 1. The fourth-order valence-corrected chi connectivity index (χ4v) is 6.37. The zero-order valence-electron chi connectivity index (χ0n) is 20.5. The molecule has 3 aromatic heterocycles. The molecule has 3 heterocycles. The molecule has 184 valence electrons. The first-order valence-corrected chi connectivity index (χ1v) is 12.6. The van der Waals surface area contributed by atoms with Gasteiger partial charge in [0.2, 0.25) is 5.91 Å². The number of methoxy groups -OCH3 is 2. The van der Waals surface area contributed by atoms with Crippen LogP contribution in [-0.4, -0.2) is 65.4 Å². The molecular weight excluding hydrogens is 464 g/mol. The van der Waals surface area contributed by atoms with Crippen molar-refractivity contribution in [3.63, 3.8) is 0 Å². The Balaban J connectivity index is 1.50. The minimum Gasteiger partial charge on any atom is -0.494 e. The standard InChI is InChI=1S/C25H30N6O3S/c1-5-25(24(32)31(2)8-9-33-3)7-6-16-20(12-25)35-23-21(16)22(26-14-27-23)29-18-10-15-13-28-30-17(15)11-19(18)34-4/h10-11,13-14H,5-9,12H2,1-4H3,(H,28,30)(H,26,27,29). The minimum atomic E-state index is -0.396. The van der Waals surface area contributed by atoms with Gasteiger partial charge < -0.3 is 19.7 Å². The van der Waals surface area contributed by atoms with E-state index >= 15 is 0 Å². The van der Waals surface area contributed by atoms with Crippen LogP contribution in [0.4, 0.5) is 11.5 Å². The molecule has 0 aliphatic heterocycles. The lowest BCUT2D eigenvalue weighted by Crippen LogP contribution is -2.45. The molecule has 0 saturated carbocycles. The molecule has 0 radical (unpaired) electrons. The van der Waals surface area contributed by atoms with Crippen molar-refractivity contribution >= 4 is 49.9 Å². The smallest absolute Gasteiger partial charge is 0.228 e. The normalized spacial score (nSPS) is 17.5. The van der Waals surface area contributed by atoms with Gasteiger partial charge in [-0.05, 0) is 37.3 Å². The van der Waals surface area contributed by atoms with Gasteiger partial charge in [0.15, 0.2) is 0 Å². The third kappa shape index (κ3) is 4.10. The molecule has 1 unspecified atom stereocenters. The Kier molecular flexibility index (Phi) is 6.33. The van der Waals surface area contributed by atoms with Crippen LogP contribution in [0.15, 0.2) is 24.7 Å². The van der Waals surface area contributed by atoms with E-state index in [0.29, 0.717) is 18.9 Å². The average molecular weight is 495 g/mol. The number of carbonyl (C=O) groups excluding carboxylic acids is 1. The maximum atomic E-state index is 13.5. The van der Waals surface area contributed by atoms with Crippen molar-refractivity contribution in [2.75, 3.05) is 39.7 Å². The number of carbonyl (C=O) groups is 1. The Morgan fingerprint density at radius 1 is 1.31 bits per heavy atom. The molecule has 0 fully saturated rings. The summed E-state index contributed by atoms with van der Waals surface area (Å²) in [5.41, 5.74) is 2.57. The highest BCUT2D eigenvalue weighted by molar-refractivity contribution is 7.19. The third-order valence-corrected chi connectivity index (χ3v) is 8.28. The van der Waals surface area contributed by atoms with E-state index in [1.165, 1.54) is 10.4 Å². The van der Waals surface area contributed by atoms with Gasteiger partial charge in [-0.3, -0.25) is 9.89 Å². The maximum Gasteiger partial charge on any atom is 0.228 e. The largest absolute Gasteiger partial charge is 0.494 e. The number of aromatic nitrogens is 4. The van der Waals surface area contributed by atoms with Gasteiger partial charge in [0.05, 0.1) is 41.9 Å². The first-order valence-electron chi connectivity index (χ1n) is 11.8. The number of rotatable bonds is 8. The number of hydrogen-bond donors (Lipinski definition) is 2. The highest BCUT2D eigenvalue weighted by Crippen LogP contribution is 2.47. The number of nitrogens with one attached hydrogen (secondary N) is 2. The molecular formula is C25H30N6O3S. The van der Waals surface area contributed by atoms with E-state index in [4.69, 9.17) is 9.47 Å². The van der Waals surface area contributed by atoms with Gasteiger partial charge in [-0.15, -0.1) is 11.3 Å². The fraction of sp³-hybridized carbons (Fsp3) is 0.440. The van der Waals surface area contributed by atoms with Crippen molar-refractivity contribution in [1.29, 1.82) is 0 Å². The molecule has 0 bridgehead atoms. The number of thiophene rings is 1. The molecule has 2 N–H and O–H groups in total. The van der Waals surface area contributed by atoms with Crippen molar-refractivity contribution in [1.82, 2.24) is 25.1 Å². The van der Waals surface area contributed by atoms with Crippen LogP contribution in [-0.2, 0) is 22.4 Å². The lowest BCUT2D eigenvalue weighted by Gasteiger charge is -2.38. The van der Waals surface area contributed by atoms with Crippen LogP contribution in [0.1, 0.15) is 30.2 Å². The van der Waals surface area contributed by atoms with Gasteiger partial charge >= 0.3 is 0 Å². The summed E-state index contributed by atoms with van der Waals surface area (Å²) in [4.78, 5) is 26.6. The van der Waals surface area contributed by atoms with E-state index in [2.05, 4.69) is 32.4 Å². The number of amides is 1. The highest BCUT2D eigenvalue weighted by Gasteiger charge is 2.43. The summed E-state index contributed by atoms with van der Waals surface area (Å²) >= 11 is 1.67. The summed E-state index contributed by atoms with van der Waals surface area (Å²) in [7, 11) is 5.18. The summed E-state index contributed by atoms with van der Waals surface area (Å²) in [6.45, 7) is 3.25. The van der Waals surface area contributed by atoms with Gasteiger partial charge in [-0.25, -0.2) is 9.97 Å². The van der Waals surface area contributed by atoms with Gasteiger partial charge in [-0.2, -0.15) is 5.10 Å². The number of H-pyrrole nitrogens is 1. The molecule has 10 heteroatoms. The molecule has 9 nitrogen and oxygen atoms in total. The Hall–Kier alpha value is -3.24. The predicted octanol–water partition coefficient (Wildman–Crippen LogP) is 4.31. The van der Waals surface area contributed by atoms with E-state index in [1.807, 2.05) is 24.1 Å². The van der Waals surface area contributed by atoms with E-state index in [0.717, 1.165) is 58.3 Å². The monoisotopic (exact) mass is 494 g/mol. The van der Waals surface area contributed by atoms with E-state index < -0.39 is 5.41 Å². The number of nitrogens with zero attached hydrogens (tertiary/aromatic N) is 4. The quantitative estimate of drug-likeness (QED) is 0.376. The number of hydrogen-bond acceptors (Lipinski definition) is 8. The van der Waals surface area contributed by atoms with Crippen LogP contribution >= 0.6 is 11.3 Å². The molecule has 1 aromatic carbocycles. The van der Waals surface area contributed by atoms with E-state index in [9.17, 15) is 4.79 Å². The number of aromatic amines is 1. The molecule has 35 heavy (non-hydrogen) atoms. The van der Waals surface area contributed by atoms with Gasteiger partial charge in [0.1, 0.15) is 22.7 Å². The maximum absolute atomic E-state index is 13.5. The Labute approximate surface area is 207 Å².